The number of furan rings is 1. The number of rotatable bonds is 3. The van der Waals surface area contributed by atoms with E-state index in [2.05, 4.69) is 0 Å². The largest absolute Gasteiger partial charge is 0.460 e. The molecule has 20 heavy (non-hydrogen) atoms. The van der Waals surface area contributed by atoms with E-state index in [1.54, 1.807) is 6.07 Å². The Balaban J connectivity index is 1.82. The van der Waals surface area contributed by atoms with E-state index >= 15 is 0 Å². The molecule has 0 bridgehead atoms. The second-order valence-electron chi connectivity index (χ2n) is 4.64. The molecule has 0 N–H and O–H groups in total. The third kappa shape index (κ3) is 2.43. The van der Waals surface area contributed by atoms with Crippen LogP contribution in [0.15, 0.2) is 59.0 Å². The number of carbonyl (C=O) groups is 1. The van der Waals surface area contributed by atoms with Crippen LogP contribution in [0.25, 0.3) is 11.0 Å². The quantitative estimate of drug-likeness (QED) is 0.670. The molecule has 0 saturated heterocycles. The second kappa shape index (κ2) is 5.21. The molecule has 0 atom stereocenters. The van der Waals surface area contributed by atoms with Crippen LogP contribution in [-0.2, 0) is 11.3 Å². The first-order valence-electron chi connectivity index (χ1n) is 6.44. The Morgan fingerprint density at radius 1 is 1.10 bits per heavy atom. The van der Waals surface area contributed by atoms with Crippen LogP contribution in [-0.4, -0.2) is 5.97 Å². The molecule has 1 heterocycles. The average Bonchev–Trinajstić information content (AvgIpc) is 2.85. The molecule has 0 aliphatic carbocycles. The third-order valence-electron chi connectivity index (χ3n) is 3.10. The molecule has 0 spiro atoms. The van der Waals surface area contributed by atoms with Crippen LogP contribution < -0.4 is 0 Å². The van der Waals surface area contributed by atoms with Gasteiger partial charge in [0, 0.05) is 5.39 Å². The van der Waals surface area contributed by atoms with Crippen molar-refractivity contribution in [1.82, 2.24) is 0 Å². The van der Waals surface area contributed by atoms with Crippen LogP contribution in [0.1, 0.15) is 21.7 Å². The molecule has 100 valence electrons. The van der Waals surface area contributed by atoms with E-state index < -0.39 is 0 Å². The number of carbonyl (C=O) groups excluding carboxylic acids is 1. The highest BCUT2D eigenvalue weighted by Gasteiger charge is 2.14. The molecule has 3 nitrogen and oxygen atoms in total. The monoisotopic (exact) mass is 266 g/mol. The highest BCUT2D eigenvalue weighted by atomic mass is 16.5. The van der Waals surface area contributed by atoms with Gasteiger partial charge in [-0.2, -0.15) is 0 Å². The summed E-state index contributed by atoms with van der Waals surface area (Å²) in [6.45, 7) is 2.12. The lowest BCUT2D eigenvalue weighted by molar-refractivity contribution is 0.0474. The zero-order chi connectivity index (χ0) is 13.9. The normalized spacial score (nSPS) is 10.7. The van der Waals surface area contributed by atoms with Gasteiger partial charge in [-0.3, -0.25) is 0 Å². The lowest BCUT2D eigenvalue weighted by Gasteiger charge is -2.05. The van der Waals surface area contributed by atoms with E-state index in [9.17, 15) is 4.79 Å². The van der Waals surface area contributed by atoms with E-state index in [1.165, 1.54) is 0 Å². The summed E-state index contributed by atoms with van der Waals surface area (Å²) in [7, 11) is 0. The highest BCUT2D eigenvalue weighted by Crippen LogP contribution is 2.23. The van der Waals surface area contributed by atoms with Gasteiger partial charge in [0.25, 0.3) is 0 Å². The van der Waals surface area contributed by atoms with Gasteiger partial charge >= 0.3 is 5.97 Å². The molecule has 0 aliphatic heterocycles. The topological polar surface area (TPSA) is 39.4 Å². The lowest BCUT2D eigenvalue weighted by Crippen LogP contribution is -2.05. The maximum absolute atomic E-state index is 12.2. The second-order valence-corrected chi connectivity index (χ2v) is 4.64. The van der Waals surface area contributed by atoms with Gasteiger partial charge in [0.05, 0.1) is 0 Å². The summed E-state index contributed by atoms with van der Waals surface area (Å²) in [6, 6.07) is 17.0. The van der Waals surface area contributed by atoms with Gasteiger partial charge < -0.3 is 9.15 Å². The van der Waals surface area contributed by atoms with Crippen molar-refractivity contribution < 1.29 is 13.9 Å². The highest BCUT2D eigenvalue weighted by molar-refractivity contribution is 6.02. The molecule has 3 aromatic rings. The number of para-hydroxylation sites is 1. The molecule has 2 aromatic carbocycles. The van der Waals surface area contributed by atoms with Crippen LogP contribution in [0.5, 0.6) is 0 Å². The van der Waals surface area contributed by atoms with Gasteiger partial charge in [-0.05, 0) is 24.6 Å². The van der Waals surface area contributed by atoms with Crippen molar-refractivity contribution in [2.24, 2.45) is 0 Å². The first kappa shape index (κ1) is 12.5. The van der Waals surface area contributed by atoms with Gasteiger partial charge in [0.2, 0.25) is 0 Å². The van der Waals surface area contributed by atoms with Crippen LogP contribution in [0.2, 0.25) is 0 Å². The van der Waals surface area contributed by atoms with Crippen LogP contribution >= 0.6 is 0 Å². The van der Waals surface area contributed by atoms with Crippen LogP contribution in [0.3, 0.4) is 0 Å². The summed E-state index contributed by atoms with van der Waals surface area (Å²) < 4.78 is 10.9. The number of aryl methyl sites for hydroxylation is 1. The Bertz CT molecular complexity index is 741. The Morgan fingerprint density at radius 3 is 2.70 bits per heavy atom. The number of hydrogen-bond acceptors (Lipinski definition) is 3. The average molecular weight is 266 g/mol. The van der Waals surface area contributed by atoms with Gasteiger partial charge in [-0.1, -0.05) is 42.5 Å². The number of benzene rings is 2. The Labute approximate surface area is 116 Å². The number of fused-ring (bicyclic) bond motifs is 1. The van der Waals surface area contributed by atoms with Crippen molar-refractivity contribution in [2.45, 2.75) is 13.5 Å². The summed E-state index contributed by atoms with van der Waals surface area (Å²) in [5.41, 5.74) is 2.01. The van der Waals surface area contributed by atoms with Crippen LogP contribution in [0, 0.1) is 6.92 Å². The molecular weight excluding hydrogens is 252 g/mol. The Hall–Kier alpha value is -2.55. The standard InChI is InChI=1S/C17H14O3/c1-12-10-14-8-5-9-15(16(14)20-12)17(18)19-11-13-6-3-2-4-7-13/h2-10H,11H2,1H3. The van der Waals surface area contributed by atoms with Crippen molar-refractivity contribution in [1.29, 1.82) is 0 Å². The van der Waals surface area contributed by atoms with Gasteiger partial charge in [-0.15, -0.1) is 0 Å². The molecule has 3 heteroatoms. The number of esters is 1. The Kier molecular flexibility index (Phi) is 3.25. The predicted octanol–water partition coefficient (Wildman–Crippen LogP) is 4.10. The minimum Gasteiger partial charge on any atom is -0.460 e. The summed E-state index contributed by atoms with van der Waals surface area (Å²) in [6.07, 6.45) is 0. The van der Waals surface area contributed by atoms with Crippen LogP contribution in [0.4, 0.5) is 0 Å². The van der Waals surface area contributed by atoms with Crippen molar-refractivity contribution in [2.75, 3.05) is 0 Å². The zero-order valence-electron chi connectivity index (χ0n) is 11.1. The molecule has 0 radical (unpaired) electrons. The lowest BCUT2D eigenvalue weighted by atomic mass is 10.1. The smallest absolute Gasteiger partial charge is 0.342 e. The minimum atomic E-state index is -0.367. The van der Waals surface area contributed by atoms with Crippen molar-refractivity contribution >= 4 is 16.9 Å². The molecule has 3 rings (SSSR count). The molecule has 0 fully saturated rings. The predicted molar refractivity (Wildman–Crippen MR) is 76.5 cm³/mol. The molecule has 0 aliphatic rings. The first-order valence-corrected chi connectivity index (χ1v) is 6.44. The minimum absolute atomic E-state index is 0.260. The number of ether oxygens (including phenoxy) is 1. The molecule has 0 amide bonds. The molecule has 1 aromatic heterocycles. The van der Waals surface area contributed by atoms with E-state index in [1.807, 2.05) is 55.5 Å². The fraction of sp³-hybridized carbons (Fsp3) is 0.118. The maximum Gasteiger partial charge on any atom is 0.342 e. The fourth-order valence-electron chi connectivity index (χ4n) is 2.15. The van der Waals surface area contributed by atoms with Gasteiger partial charge in [-0.25, -0.2) is 4.79 Å². The zero-order valence-corrected chi connectivity index (χ0v) is 11.1. The number of hydrogen-bond donors (Lipinski definition) is 0. The SMILES string of the molecule is Cc1cc2cccc(C(=O)OCc3ccccc3)c2o1. The van der Waals surface area contributed by atoms with Crippen molar-refractivity contribution in [3.8, 4) is 0 Å². The summed E-state index contributed by atoms with van der Waals surface area (Å²) in [4.78, 5) is 12.2. The summed E-state index contributed by atoms with van der Waals surface area (Å²) in [5.74, 6) is 0.414. The van der Waals surface area contributed by atoms with E-state index in [4.69, 9.17) is 9.15 Å². The molecular formula is C17H14O3. The Morgan fingerprint density at radius 2 is 1.90 bits per heavy atom. The van der Waals surface area contributed by atoms with E-state index in [-0.39, 0.29) is 12.6 Å². The van der Waals surface area contributed by atoms with Crippen molar-refractivity contribution in [3.63, 3.8) is 0 Å². The fourth-order valence-corrected chi connectivity index (χ4v) is 2.15. The van der Waals surface area contributed by atoms with Gasteiger partial charge in [0.1, 0.15) is 23.5 Å². The van der Waals surface area contributed by atoms with Gasteiger partial charge in [0.15, 0.2) is 0 Å². The third-order valence-corrected chi connectivity index (χ3v) is 3.10. The first-order chi connectivity index (χ1) is 9.74. The molecule has 0 saturated carbocycles. The van der Waals surface area contributed by atoms with E-state index in [0.29, 0.717) is 11.1 Å². The molecule has 0 unspecified atom stereocenters. The van der Waals surface area contributed by atoms with Crippen molar-refractivity contribution in [3.05, 3.63) is 71.5 Å². The maximum atomic E-state index is 12.2. The van der Waals surface area contributed by atoms with E-state index in [0.717, 1.165) is 16.7 Å². The summed E-state index contributed by atoms with van der Waals surface area (Å²) >= 11 is 0. The summed E-state index contributed by atoms with van der Waals surface area (Å²) in [5, 5.41) is 0.914.